The first-order chi connectivity index (χ1) is 11.1. The third-order valence-corrected chi connectivity index (χ3v) is 3.67. The highest BCUT2D eigenvalue weighted by molar-refractivity contribution is 7.80. The third-order valence-electron chi connectivity index (χ3n) is 2.79. The molecule has 4 N–H and O–H groups in total. The van der Waals surface area contributed by atoms with Gasteiger partial charge in [-0.2, -0.15) is 0 Å². The number of amides is 1. The summed E-state index contributed by atoms with van der Waals surface area (Å²) in [5.41, 5.74) is 0.299. The first kappa shape index (κ1) is 20.8. The van der Waals surface area contributed by atoms with Crippen LogP contribution in [-0.2, 0) is 4.79 Å². The Kier molecular flexibility index (Phi) is 8.02. The molecule has 0 saturated heterocycles. The summed E-state index contributed by atoms with van der Waals surface area (Å²) in [4.78, 5) is 22.9. The molecule has 1 amide bonds. The second-order valence-electron chi connectivity index (χ2n) is 4.74. The van der Waals surface area contributed by atoms with Crippen molar-refractivity contribution >= 4 is 69.7 Å². The monoisotopic (exact) mass is 411 g/mol. The maximum Gasteiger partial charge on any atom is 0.337 e. The average Bonchev–Trinajstić information content (AvgIpc) is 2.46. The minimum absolute atomic E-state index is 0.00294. The Morgan fingerprint density at radius 2 is 1.88 bits per heavy atom. The zero-order chi connectivity index (χ0) is 18.3. The Morgan fingerprint density at radius 3 is 2.42 bits per heavy atom. The summed E-state index contributed by atoms with van der Waals surface area (Å²) >= 11 is 22.6. The number of hydrogen-bond donors (Lipinski definition) is 4. The number of alkyl halides is 3. The van der Waals surface area contributed by atoms with Gasteiger partial charge in [-0.05, 0) is 30.8 Å². The molecule has 132 valence electrons. The molecule has 10 heteroatoms. The van der Waals surface area contributed by atoms with Gasteiger partial charge in [0.05, 0.1) is 11.3 Å². The van der Waals surface area contributed by atoms with Gasteiger partial charge in [0, 0.05) is 6.42 Å². The SMILES string of the molecule is CCCC(=O)N[C@@H](NC(=S)Nc1ccccc1C(=O)O)C(Cl)(Cl)Cl. The fourth-order valence-corrected chi connectivity index (χ4v) is 2.28. The number of halogens is 3. The number of nitrogens with one attached hydrogen (secondary N) is 3. The highest BCUT2D eigenvalue weighted by Gasteiger charge is 2.34. The number of aromatic carboxylic acids is 1. The van der Waals surface area contributed by atoms with E-state index in [1.165, 1.54) is 12.1 Å². The summed E-state index contributed by atoms with van der Waals surface area (Å²) in [6, 6.07) is 6.19. The Balaban J connectivity index is 2.82. The lowest BCUT2D eigenvalue weighted by molar-refractivity contribution is -0.121. The number of rotatable bonds is 6. The molecule has 1 rings (SSSR count). The lowest BCUT2D eigenvalue weighted by Gasteiger charge is -2.28. The fraction of sp³-hybridized carbons (Fsp3) is 0.357. The summed E-state index contributed by atoms with van der Waals surface area (Å²) in [6.45, 7) is 1.84. The van der Waals surface area contributed by atoms with Crippen molar-refractivity contribution in [1.82, 2.24) is 10.6 Å². The molecule has 6 nitrogen and oxygen atoms in total. The van der Waals surface area contributed by atoms with Crippen molar-refractivity contribution in [3.63, 3.8) is 0 Å². The molecule has 0 radical (unpaired) electrons. The second kappa shape index (κ2) is 9.27. The molecule has 0 saturated carbocycles. The topological polar surface area (TPSA) is 90.5 Å². The molecule has 0 fully saturated rings. The molecule has 0 bridgehead atoms. The predicted octanol–water partition coefficient (Wildman–Crippen LogP) is 3.28. The van der Waals surface area contributed by atoms with Gasteiger partial charge in [0.1, 0.15) is 6.17 Å². The normalized spacial score (nSPS) is 12.2. The van der Waals surface area contributed by atoms with Gasteiger partial charge in [-0.15, -0.1) is 0 Å². The van der Waals surface area contributed by atoms with Crippen molar-refractivity contribution in [2.24, 2.45) is 0 Å². The smallest absolute Gasteiger partial charge is 0.337 e. The molecule has 0 aliphatic heterocycles. The molecule has 0 heterocycles. The minimum Gasteiger partial charge on any atom is -0.478 e. The van der Waals surface area contributed by atoms with Crippen LogP contribution in [0.1, 0.15) is 30.1 Å². The fourth-order valence-electron chi connectivity index (χ4n) is 1.73. The molecular weight excluding hydrogens is 397 g/mol. The summed E-state index contributed by atoms with van der Waals surface area (Å²) in [6.07, 6.45) is -0.188. The van der Waals surface area contributed by atoms with Gasteiger partial charge in [0.2, 0.25) is 9.70 Å². The number of carboxylic acid groups (broad SMARTS) is 1. The minimum atomic E-state index is -1.86. The number of thiocarbonyl (C=S) groups is 1. The highest BCUT2D eigenvalue weighted by Crippen LogP contribution is 2.29. The van der Waals surface area contributed by atoms with E-state index in [4.69, 9.17) is 52.1 Å². The van der Waals surface area contributed by atoms with Crippen molar-refractivity contribution in [2.45, 2.75) is 29.7 Å². The molecule has 1 aromatic carbocycles. The number of para-hydroxylation sites is 1. The summed E-state index contributed by atoms with van der Waals surface area (Å²) < 4.78 is -1.86. The molecule has 0 aliphatic carbocycles. The second-order valence-corrected chi connectivity index (χ2v) is 7.52. The number of carbonyl (C=O) groups is 2. The highest BCUT2D eigenvalue weighted by atomic mass is 35.6. The Labute approximate surface area is 159 Å². The van der Waals surface area contributed by atoms with E-state index in [0.717, 1.165) is 0 Å². The quantitative estimate of drug-likeness (QED) is 0.326. The van der Waals surface area contributed by atoms with E-state index in [0.29, 0.717) is 6.42 Å². The number of benzene rings is 1. The molecule has 0 aliphatic rings. The van der Waals surface area contributed by atoms with Crippen molar-refractivity contribution in [1.29, 1.82) is 0 Å². The Morgan fingerprint density at radius 1 is 1.25 bits per heavy atom. The average molecular weight is 413 g/mol. The van der Waals surface area contributed by atoms with Crippen LogP contribution in [0.2, 0.25) is 0 Å². The van der Waals surface area contributed by atoms with Crippen LogP contribution in [0.15, 0.2) is 24.3 Å². The first-order valence-electron chi connectivity index (χ1n) is 6.91. The van der Waals surface area contributed by atoms with E-state index in [1.54, 1.807) is 12.1 Å². The van der Waals surface area contributed by atoms with E-state index in [-0.39, 0.29) is 28.7 Å². The van der Waals surface area contributed by atoms with Crippen LogP contribution in [-0.4, -0.2) is 32.1 Å². The van der Waals surface area contributed by atoms with Gasteiger partial charge in [-0.3, -0.25) is 4.79 Å². The number of anilines is 1. The third kappa shape index (κ3) is 6.68. The van der Waals surface area contributed by atoms with E-state index in [2.05, 4.69) is 16.0 Å². The van der Waals surface area contributed by atoms with E-state index in [9.17, 15) is 9.59 Å². The molecule has 0 unspecified atom stereocenters. The zero-order valence-electron chi connectivity index (χ0n) is 12.6. The van der Waals surface area contributed by atoms with E-state index < -0.39 is 15.9 Å². The van der Waals surface area contributed by atoms with E-state index >= 15 is 0 Å². The Hall–Kier alpha value is -1.28. The standard InChI is InChI=1S/C14H16Cl3N3O3S/c1-2-5-10(21)19-12(14(15,16)17)20-13(24)18-9-7-4-3-6-8(9)11(22)23/h3-4,6-7,12H,2,5H2,1H3,(H,19,21)(H,22,23)(H2,18,20,24)/t12-/m0/s1. The van der Waals surface area contributed by atoms with Crippen LogP contribution < -0.4 is 16.0 Å². The van der Waals surface area contributed by atoms with Crippen molar-refractivity contribution in [2.75, 3.05) is 5.32 Å². The number of carboxylic acids is 1. The first-order valence-corrected chi connectivity index (χ1v) is 8.45. The maximum absolute atomic E-state index is 11.7. The van der Waals surface area contributed by atoms with Crippen molar-refractivity contribution in [3.8, 4) is 0 Å². The molecule has 1 aromatic rings. The maximum atomic E-state index is 11.7. The molecule has 1 atom stereocenters. The van der Waals surface area contributed by atoms with Crippen LogP contribution in [0.25, 0.3) is 0 Å². The Bertz CT molecular complexity index is 623. The van der Waals surface area contributed by atoms with Gasteiger partial charge < -0.3 is 21.1 Å². The lowest BCUT2D eigenvalue weighted by Crippen LogP contribution is -2.56. The lowest BCUT2D eigenvalue weighted by atomic mass is 10.2. The van der Waals surface area contributed by atoms with Crippen LogP contribution in [0, 0.1) is 0 Å². The van der Waals surface area contributed by atoms with Gasteiger partial charge in [-0.1, -0.05) is 53.9 Å². The van der Waals surface area contributed by atoms with Crippen molar-refractivity contribution < 1.29 is 14.7 Å². The summed E-state index contributed by atoms with van der Waals surface area (Å²) in [5, 5.41) is 17.0. The van der Waals surface area contributed by atoms with E-state index in [1.807, 2.05) is 6.92 Å². The van der Waals surface area contributed by atoms with Gasteiger partial charge in [-0.25, -0.2) is 4.79 Å². The number of hydrogen-bond acceptors (Lipinski definition) is 3. The van der Waals surface area contributed by atoms with Gasteiger partial charge in [0.25, 0.3) is 0 Å². The molecular formula is C14H16Cl3N3O3S. The van der Waals surface area contributed by atoms with Crippen LogP contribution in [0.4, 0.5) is 5.69 Å². The van der Waals surface area contributed by atoms with Crippen LogP contribution >= 0.6 is 47.0 Å². The largest absolute Gasteiger partial charge is 0.478 e. The van der Waals surface area contributed by atoms with Crippen LogP contribution in [0.3, 0.4) is 0 Å². The predicted molar refractivity (Wildman–Crippen MR) is 99.9 cm³/mol. The van der Waals surface area contributed by atoms with Gasteiger partial charge in [0.15, 0.2) is 5.11 Å². The molecule has 24 heavy (non-hydrogen) atoms. The number of carbonyl (C=O) groups excluding carboxylic acids is 1. The summed E-state index contributed by atoms with van der Waals surface area (Å²) in [7, 11) is 0. The van der Waals surface area contributed by atoms with Crippen molar-refractivity contribution in [3.05, 3.63) is 29.8 Å². The molecule has 0 spiro atoms. The van der Waals surface area contributed by atoms with Crippen LogP contribution in [0.5, 0.6) is 0 Å². The summed E-state index contributed by atoms with van der Waals surface area (Å²) in [5.74, 6) is -1.43. The van der Waals surface area contributed by atoms with Gasteiger partial charge >= 0.3 is 5.97 Å². The molecule has 0 aromatic heterocycles. The zero-order valence-corrected chi connectivity index (χ0v) is 15.7.